The van der Waals surface area contributed by atoms with Gasteiger partial charge in [-0.05, 0) is 89.5 Å². The van der Waals surface area contributed by atoms with E-state index in [2.05, 4.69) is 170 Å². The molecule has 7 aromatic rings. The molecule has 4 aliphatic rings. The van der Waals surface area contributed by atoms with Crippen molar-refractivity contribution in [3.05, 3.63) is 174 Å². The van der Waals surface area contributed by atoms with Crippen molar-refractivity contribution in [3.8, 4) is 33.4 Å². The number of nitrogens with zero attached hydrogens (tertiary/aromatic N) is 1. The first kappa shape index (κ1) is 26.4. The molecule has 1 heteroatoms. The molecule has 1 heterocycles. The van der Waals surface area contributed by atoms with E-state index in [-0.39, 0.29) is 11.5 Å². The summed E-state index contributed by atoms with van der Waals surface area (Å²) in [7, 11) is 0. The molecule has 0 saturated heterocycles. The van der Waals surface area contributed by atoms with Crippen molar-refractivity contribution in [2.45, 2.75) is 31.2 Å². The number of allylic oxidation sites excluding steroid dienone is 2. The molecule has 0 saturated carbocycles. The van der Waals surface area contributed by atoms with Gasteiger partial charge < -0.3 is 4.90 Å². The molecule has 2 unspecified atom stereocenters. The molecule has 7 aromatic carbocycles. The van der Waals surface area contributed by atoms with E-state index in [9.17, 15) is 0 Å². The summed E-state index contributed by atoms with van der Waals surface area (Å²) in [6.07, 6.45) is 4.90. The van der Waals surface area contributed by atoms with Crippen molar-refractivity contribution in [1.82, 2.24) is 0 Å². The maximum absolute atomic E-state index is 2.63. The van der Waals surface area contributed by atoms with Crippen LogP contribution in [0.3, 0.4) is 0 Å². The fourth-order valence-corrected chi connectivity index (χ4v) is 9.87. The van der Waals surface area contributed by atoms with Crippen LogP contribution in [0.2, 0.25) is 0 Å². The second-order valence-corrected chi connectivity index (χ2v) is 14.4. The van der Waals surface area contributed by atoms with Gasteiger partial charge in [0.2, 0.25) is 0 Å². The van der Waals surface area contributed by atoms with E-state index in [1.807, 2.05) is 0 Å². The lowest BCUT2D eigenvalue weighted by atomic mass is 9.70. The highest BCUT2D eigenvalue weighted by Crippen LogP contribution is 2.61. The van der Waals surface area contributed by atoms with Crippen molar-refractivity contribution >= 4 is 38.5 Å². The van der Waals surface area contributed by atoms with Crippen LogP contribution < -0.4 is 4.90 Å². The first-order valence-electron chi connectivity index (χ1n) is 17.2. The number of rotatable bonds is 2. The Labute approximate surface area is 281 Å². The predicted molar refractivity (Wildman–Crippen MR) is 202 cm³/mol. The summed E-state index contributed by atoms with van der Waals surface area (Å²) in [5, 5.41) is 5.28. The van der Waals surface area contributed by atoms with Crippen LogP contribution in [0.5, 0.6) is 0 Å². The number of fused-ring (bicyclic) bond motifs is 10. The Morgan fingerprint density at radius 1 is 0.479 bits per heavy atom. The van der Waals surface area contributed by atoms with Crippen molar-refractivity contribution in [1.29, 1.82) is 0 Å². The maximum atomic E-state index is 2.63. The summed E-state index contributed by atoms with van der Waals surface area (Å²) in [5.74, 6) is 0.292. The van der Waals surface area contributed by atoms with E-state index in [4.69, 9.17) is 0 Å². The molecule has 0 radical (unpaired) electrons. The maximum Gasteiger partial charge on any atom is 0.0633 e. The van der Waals surface area contributed by atoms with Gasteiger partial charge in [0.25, 0.3) is 0 Å². The van der Waals surface area contributed by atoms with Crippen LogP contribution in [-0.2, 0) is 5.41 Å². The van der Waals surface area contributed by atoms with E-state index in [1.165, 1.54) is 88.6 Å². The van der Waals surface area contributed by atoms with E-state index in [0.29, 0.717) is 5.92 Å². The van der Waals surface area contributed by atoms with E-state index in [1.54, 1.807) is 5.57 Å². The van der Waals surface area contributed by atoms with Crippen LogP contribution in [0.15, 0.2) is 157 Å². The first-order chi connectivity index (χ1) is 23.6. The van der Waals surface area contributed by atoms with Crippen molar-refractivity contribution in [2.75, 3.05) is 4.90 Å². The van der Waals surface area contributed by atoms with Crippen LogP contribution >= 0.6 is 0 Å². The van der Waals surface area contributed by atoms with Crippen LogP contribution in [0, 0.1) is 0 Å². The quantitative estimate of drug-likeness (QED) is 0.188. The Bertz CT molecular complexity index is 2580. The Kier molecular flexibility index (Phi) is 5.08. The van der Waals surface area contributed by atoms with Gasteiger partial charge in [0.1, 0.15) is 0 Å². The van der Waals surface area contributed by atoms with Crippen molar-refractivity contribution in [3.63, 3.8) is 0 Å². The van der Waals surface area contributed by atoms with E-state index in [0.717, 1.165) is 0 Å². The van der Waals surface area contributed by atoms with E-state index >= 15 is 0 Å². The summed E-state index contributed by atoms with van der Waals surface area (Å²) in [5.41, 5.74) is 17.7. The van der Waals surface area contributed by atoms with Gasteiger partial charge in [-0.1, -0.05) is 153 Å². The summed E-state index contributed by atoms with van der Waals surface area (Å²) in [6.45, 7) is 4.85. The minimum Gasteiger partial charge on any atom is -0.333 e. The molecule has 0 spiro atoms. The molecular formula is C47H33N. The highest BCUT2D eigenvalue weighted by molar-refractivity contribution is 6.20. The van der Waals surface area contributed by atoms with Crippen molar-refractivity contribution in [2.24, 2.45) is 0 Å². The van der Waals surface area contributed by atoms with Crippen LogP contribution in [0.4, 0.5) is 11.4 Å². The summed E-state index contributed by atoms with van der Waals surface area (Å²) >= 11 is 0. The monoisotopic (exact) mass is 611 g/mol. The lowest BCUT2D eigenvalue weighted by molar-refractivity contribution is 0.557. The van der Waals surface area contributed by atoms with Crippen LogP contribution in [0.1, 0.15) is 36.5 Å². The number of benzene rings is 7. The number of anilines is 2. The van der Waals surface area contributed by atoms with Crippen LogP contribution in [0.25, 0.3) is 60.5 Å². The molecule has 2 atom stereocenters. The zero-order valence-corrected chi connectivity index (χ0v) is 27.0. The molecule has 3 aliphatic carbocycles. The average molecular weight is 612 g/mol. The molecule has 11 rings (SSSR count). The second kappa shape index (κ2) is 9.24. The molecule has 0 fully saturated rings. The second-order valence-electron chi connectivity index (χ2n) is 14.4. The summed E-state index contributed by atoms with van der Waals surface area (Å²) in [4.78, 5) is 2.63. The van der Waals surface area contributed by atoms with Gasteiger partial charge in [0.05, 0.1) is 6.04 Å². The third kappa shape index (κ3) is 3.22. The fourth-order valence-electron chi connectivity index (χ4n) is 9.87. The Balaban J connectivity index is 1.10. The standard InChI is InChI=1S/C47H33N/c1-47(2)40-20-9-7-15-33(40)38-25-27-43-45(46(38)47)39-17-8-10-21-41(39)48(43)42-26-24-31(28-12-5-6-16-34(28)42)32-22-23-37-30-14-4-3-13-29(30)35-18-11-19-36(32)44(35)37/h3-27,43,45H,1-2H3. The number of para-hydroxylation sites is 1. The molecule has 226 valence electrons. The molecule has 0 bridgehead atoms. The molecular weight excluding hydrogens is 579 g/mol. The van der Waals surface area contributed by atoms with E-state index < -0.39 is 0 Å². The minimum atomic E-state index is -0.0376. The zero-order valence-electron chi connectivity index (χ0n) is 27.0. The molecule has 48 heavy (non-hydrogen) atoms. The van der Waals surface area contributed by atoms with Gasteiger partial charge >= 0.3 is 0 Å². The minimum absolute atomic E-state index is 0.0376. The number of hydrogen-bond donors (Lipinski definition) is 0. The molecule has 0 aromatic heterocycles. The molecule has 0 amide bonds. The lowest BCUT2D eigenvalue weighted by Crippen LogP contribution is -2.34. The third-order valence-electron chi connectivity index (χ3n) is 11.8. The van der Waals surface area contributed by atoms with Gasteiger partial charge in [-0.25, -0.2) is 0 Å². The van der Waals surface area contributed by atoms with Crippen LogP contribution in [-0.4, -0.2) is 6.04 Å². The van der Waals surface area contributed by atoms with Gasteiger partial charge in [-0.15, -0.1) is 0 Å². The third-order valence-corrected chi connectivity index (χ3v) is 11.8. The predicted octanol–water partition coefficient (Wildman–Crippen LogP) is 12.2. The summed E-state index contributed by atoms with van der Waals surface area (Å²) < 4.78 is 0. The Morgan fingerprint density at radius 2 is 1.08 bits per heavy atom. The highest BCUT2D eigenvalue weighted by atomic mass is 15.2. The number of hydrogen-bond acceptors (Lipinski definition) is 1. The fraction of sp³-hybridized carbons (Fsp3) is 0.106. The zero-order chi connectivity index (χ0) is 31.7. The smallest absolute Gasteiger partial charge is 0.0633 e. The van der Waals surface area contributed by atoms with Gasteiger partial charge in [-0.2, -0.15) is 0 Å². The molecule has 1 nitrogen and oxygen atoms in total. The highest BCUT2D eigenvalue weighted by Gasteiger charge is 2.50. The Hall–Kier alpha value is -5.66. The lowest BCUT2D eigenvalue weighted by Gasteiger charge is -2.36. The summed E-state index contributed by atoms with van der Waals surface area (Å²) in [6, 6.07) is 52.6. The van der Waals surface area contributed by atoms with Gasteiger partial charge in [0, 0.05) is 28.1 Å². The topological polar surface area (TPSA) is 3.24 Å². The van der Waals surface area contributed by atoms with Crippen molar-refractivity contribution < 1.29 is 0 Å². The Morgan fingerprint density at radius 3 is 1.94 bits per heavy atom. The first-order valence-corrected chi connectivity index (χ1v) is 17.2. The molecule has 0 N–H and O–H groups in total. The largest absolute Gasteiger partial charge is 0.333 e. The molecule has 1 aliphatic heterocycles. The SMILES string of the molecule is CC1(C)C2=C(C=CC3C2c2ccccc2N3c2ccc(-c3ccc4c5c(cccc35)-c3ccccc3-4)c3ccccc23)c2ccccc21. The van der Waals surface area contributed by atoms with Gasteiger partial charge in [0.15, 0.2) is 0 Å². The van der Waals surface area contributed by atoms with Gasteiger partial charge in [-0.3, -0.25) is 0 Å². The normalized spacial score (nSPS) is 19.0. The average Bonchev–Trinajstić information content (AvgIpc) is 3.73.